The Kier molecular flexibility index (Phi) is 5.71. The summed E-state index contributed by atoms with van der Waals surface area (Å²) in [5, 5.41) is 5.35. The van der Waals surface area contributed by atoms with Crippen LogP contribution in [-0.2, 0) is 11.2 Å². The van der Waals surface area contributed by atoms with Crippen molar-refractivity contribution in [3.8, 4) is 0 Å². The molecular formula is C19H17ClFN3O3. The number of aryl methyl sites for hydroxylation is 1. The zero-order valence-electron chi connectivity index (χ0n) is 14.5. The fourth-order valence-electron chi connectivity index (χ4n) is 2.49. The molecule has 0 saturated carbocycles. The average Bonchev–Trinajstić information content (AvgIpc) is 3.04. The van der Waals surface area contributed by atoms with Crippen LogP contribution in [0.15, 0.2) is 40.8 Å². The van der Waals surface area contributed by atoms with Crippen LogP contribution in [0, 0.1) is 5.82 Å². The van der Waals surface area contributed by atoms with Crippen molar-refractivity contribution in [2.45, 2.75) is 19.8 Å². The quantitative estimate of drug-likeness (QED) is 0.668. The van der Waals surface area contributed by atoms with Crippen LogP contribution in [-0.4, -0.2) is 23.3 Å². The minimum Gasteiger partial charge on any atom is -0.441 e. The summed E-state index contributed by atoms with van der Waals surface area (Å²) in [5.41, 5.74) is 2.08. The van der Waals surface area contributed by atoms with Crippen LogP contribution in [0.4, 0.5) is 10.1 Å². The first kappa shape index (κ1) is 18.8. The van der Waals surface area contributed by atoms with Crippen molar-refractivity contribution in [2.75, 3.05) is 11.9 Å². The van der Waals surface area contributed by atoms with Crippen LogP contribution in [0.1, 0.15) is 29.6 Å². The third-order valence-electron chi connectivity index (χ3n) is 3.83. The molecule has 0 saturated heterocycles. The third kappa shape index (κ3) is 4.62. The SMILES string of the molecule is CCc1nc2cc(NC(=O)CCNC(=O)c3ccc(F)cc3Cl)ccc2o1. The van der Waals surface area contributed by atoms with E-state index >= 15 is 0 Å². The number of nitrogens with one attached hydrogen (secondary N) is 2. The molecule has 27 heavy (non-hydrogen) atoms. The minimum absolute atomic E-state index is 0.0179. The molecule has 0 radical (unpaired) electrons. The predicted molar refractivity (Wildman–Crippen MR) is 100 cm³/mol. The molecule has 2 amide bonds. The first-order valence-electron chi connectivity index (χ1n) is 8.39. The van der Waals surface area contributed by atoms with E-state index < -0.39 is 11.7 Å². The van der Waals surface area contributed by atoms with E-state index in [-0.39, 0.29) is 29.5 Å². The summed E-state index contributed by atoms with van der Waals surface area (Å²) in [4.78, 5) is 28.4. The molecule has 0 fully saturated rings. The number of halogens is 2. The van der Waals surface area contributed by atoms with E-state index in [0.717, 1.165) is 12.1 Å². The zero-order chi connectivity index (χ0) is 19.4. The number of rotatable bonds is 6. The average molecular weight is 390 g/mol. The van der Waals surface area contributed by atoms with Gasteiger partial charge in [-0.3, -0.25) is 9.59 Å². The van der Waals surface area contributed by atoms with Gasteiger partial charge in [0.25, 0.3) is 5.91 Å². The van der Waals surface area contributed by atoms with Gasteiger partial charge >= 0.3 is 0 Å². The lowest BCUT2D eigenvalue weighted by atomic mass is 10.2. The highest BCUT2D eigenvalue weighted by molar-refractivity contribution is 6.33. The lowest BCUT2D eigenvalue weighted by Gasteiger charge is -2.08. The number of amides is 2. The second kappa shape index (κ2) is 8.18. The lowest BCUT2D eigenvalue weighted by molar-refractivity contribution is -0.116. The molecule has 2 N–H and O–H groups in total. The molecule has 8 heteroatoms. The largest absolute Gasteiger partial charge is 0.441 e. The van der Waals surface area contributed by atoms with Crippen LogP contribution in [0.2, 0.25) is 5.02 Å². The fourth-order valence-corrected chi connectivity index (χ4v) is 2.74. The van der Waals surface area contributed by atoms with Crippen molar-refractivity contribution in [3.63, 3.8) is 0 Å². The van der Waals surface area contributed by atoms with E-state index in [1.807, 2.05) is 6.92 Å². The van der Waals surface area contributed by atoms with Gasteiger partial charge in [-0.15, -0.1) is 0 Å². The number of oxazole rings is 1. The predicted octanol–water partition coefficient (Wildman–Crippen LogP) is 3.94. The molecule has 0 spiro atoms. The monoisotopic (exact) mass is 389 g/mol. The van der Waals surface area contributed by atoms with Crippen LogP contribution < -0.4 is 10.6 Å². The molecule has 3 rings (SSSR count). The summed E-state index contributed by atoms with van der Waals surface area (Å²) < 4.78 is 18.5. The van der Waals surface area contributed by atoms with Gasteiger partial charge in [0.05, 0.1) is 10.6 Å². The minimum atomic E-state index is -0.522. The number of aromatic nitrogens is 1. The van der Waals surface area contributed by atoms with Crippen molar-refractivity contribution < 1.29 is 18.4 Å². The van der Waals surface area contributed by atoms with E-state index in [4.69, 9.17) is 16.0 Å². The van der Waals surface area contributed by atoms with Crippen LogP contribution in [0.5, 0.6) is 0 Å². The van der Waals surface area contributed by atoms with Gasteiger partial charge in [0, 0.05) is 25.1 Å². The van der Waals surface area contributed by atoms with E-state index in [2.05, 4.69) is 15.6 Å². The second-order valence-electron chi connectivity index (χ2n) is 5.82. The topological polar surface area (TPSA) is 84.2 Å². The molecule has 0 aliphatic carbocycles. The normalized spacial score (nSPS) is 10.8. The first-order valence-corrected chi connectivity index (χ1v) is 8.76. The van der Waals surface area contributed by atoms with E-state index in [1.54, 1.807) is 18.2 Å². The van der Waals surface area contributed by atoms with E-state index in [9.17, 15) is 14.0 Å². The number of fused-ring (bicyclic) bond motifs is 1. The molecular weight excluding hydrogens is 373 g/mol. The van der Waals surface area contributed by atoms with Crippen LogP contribution in [0.25, 0.3) is 11.1 Å². The van der Waals surface area contributed by atoms with Crippen molar-refractivity contribution in [1.82, 2.24) is 10.3 Å². The number of carbonyl (C=O) groups excluding carboxylic acids is 2. The van der Waals surface area contributed by atoms with Gasteiger partial charge < -0.3 is 15.1 Å². The molecule has 1 aromatic heterocycles. The maximum atomic E-state index is 13.0. The fraction of sp³-hybridized carbons (Fsp3) is 0.211. The molecule has 2 aromatic carbocycles. The summed E-state index contributed by atoms with van der Waals surface area (Å²) in [6.07, 6.45) is 0.760. The highest BCUT2D eigenvalue weighted by Gasteiger charge is 2.12. The molecule has 6 nitrogen and oxygen atoms in total. The molecule has 140 valence electrons. The number of hydrogen-bond acceptors (Lipinski definition) is 4. The van der Waals surface area contributed by atoms with Crippen LogP contribution in [0.3, 0.4) is 0 Å². The number of benzene rings is 2. The van der Waals surface area contributed by atoms with Crippen molar-refractivity contribution in [2.24, 2.45) is 0 Å². The maximum Gasteiger partial charge on any atom is 0.252 e. The van der Waals surface area contributed by atoms with E-state index in [1.165, 1.54) is 6.07 Å². The van der Waals surface area contributed by atoms with Gasteiger partial charge in [-0.2, -0.15) is 0 Å². The van der Waals surface area contributed by atoms with Crippen LogP contribution >= 0.6 is 11.6 Å². The Morgan fingerprint density at radius 2 is 2.04 bits per heavy atom. The highest BCUT2D eigenvalue weighted by Crippen LogP contribution is 2.20. The van der Waals surface area contributed by atoms with Gasteiger partial charge in [-0.1, -0.05) is 18.5 Å². The lowest BCUT2D eigenvalue weighted by Crippen LogP contribution is -2.27. The first-order chi connectivity index (χ1) is 13.0. The summed E-state index contributed by atoms with van der Waals surface area (Å²) in [7, 11) is 0. The summed E-state index contributed by atoms with van der Waals surface area (Å²) in [5.74, 6) is -0.621. The third-order valence-corrected chi connectivity index (χ3v) is 4.14. The molecule has 0 unspecified atom stereocenters. The molecule has 0 aliphatic heterocycles. The van der Waals surface area contributed by atoms with Gasteiger partial charge in [0.1, 0.15) is 11.3 Å². The highest BCUT2D eigenvalue weighted by atomic mass is 35.5. The van der Waals surface area contributed by atoms with Crippen molar-refractivity contribution in [3.05, 3.63) is 58.7 Å². The zero-order valence-corrected chi connectivity index (χ0v) is 15.3. The Morgan fingerprint density at radius 3 is 2.78 bits per heavy atom. The molecule has 3 aromatic rings. The van der Waals surface area contributed by atoms with Crippen molar-refractivity contribution >= 4 is 40.2 Å². The maximum absolute atomic E-state index is 13.0. The number of hydrogen-bond donors (Lipinski definition) is 2. The summed E-state index contributed by atoms with van der Waals surface area (Å²) in [6.45, 7) is 2.06. The molecule has 0 atom stereocenters. The Labute approximate surface area is 159 Å². The molecule has 1 heterocycles. The Balaban J connectivity index is 1.53. The number of anilines is 1. The Hall–Kier alpha value is -2.93. The summed E-state index contributed by atoms with van der Waals surface area (Å²) in [6, 6.07) is 8.71. The second-order valence-corrected chi connectivity index (χ2v) is 6.23. The molecule has 0 bridgehead atoms. The van der Waals surface area contributed by atoms with E-state index in [0.29, 0.717) is 29.1 Å². The van der Waals surface area contributed by atoms with Gasteiger partial charge in [0.15, 0.2) is 11.5 Å². The molecule has 0 aliphatic rings. The standard InChI is InChI=1S/C19H17ClFN3O3/c1-2-18-24-15-10-12(4-6-16(15)27-18)23-17(25)7-8-22-19(26)13-5-3-11(21)9-14(13)20/h3-6,9-10H,2,7-8H2,1H3,(H,22,26)(H,23,25). The number of carbonyl (C=O) groups is 2. The number of nitrogens with zero attached hydrogens (tertiary/aromatic N) is 1. The van der Waals surface area contributed by atoms with Gasteiger partial charge in [-0.25, -0.2) is 9.37 Å². The Bertz CT molecular complexity index is 1000. The smallest absolute Gasteiger partial charge is 0.252 e. The van der Waals surface area contributed by atoms with Gasteiger partial charge in [0.2, 0.25) is 5.91 Å². The Morgan fingerprint density at radius 1 is 1.22 bits per heavy atom. The van der Waals surface area contributed by atoms with Crippen molar-refractivity contribution in [1.29, 1.82) is 0 Å². The van der Waals surface area contributed by atoms with Gasteiger partial charge in [-0.05, 0) is 36.4 Å². The summed E-state index contributed by atoms with van der Waals surface area (Å²) >= 11 is 5.84.